The maximum atomic E-state index is 5.28. The van der Waals surface area contributed by atoms with Gasteiger partial charge in [-0.25, -0.2) is 4.98 Å². The normalized spacial score (nSPS) is 10.2. The molecule has 0 amide bonds. The minimum absolute atomic E-state index is 0.607. The van der Waals surface area contributed by atoms with Crippen molar-refractivity contribution in [3.63, 3.8) is 0 Å². The predicted octanol–water partition coefficient (Wildman–Crippen LogP) is 2.77. The summed E-state index contributed by atoms with van der Waals surface area (Å²) in [6.45, 7) is 0. The molecular weight excluding hydrogens is 182 g/mol. The zero-order chi connectivity index (χ0) is 9.10. The summed E-state index contributed by atoms with van der Waals surface area (Å²) < 4.78 is 5.28. The summed E-state index contributed by atoms with van der Waals surface area (Å²) in [5.74, 6) is 1.26. The lowest BCUT2D eigenvalue weighted by atomic mass is 10.2. The third-order valence-electron chi connectivity index (χ3n) is 1.73. The van der Waals surface area contributed by atoms with Crippen molar-refractivity contribution in [2.24, 2.45) is 0 Å². The number of thiol groups is 1. The van der Waals surface area contributed by atoms with Gasteiger partial charge in [0.25, 0.3) is 0 Å². The van der Waals surface area contributed by atoms with Gasteiger partial charge >= 0.3 is 0 Å². The summed E-state index contributed by atoms with van der Waals surface area (Å²) in [7, 11) is 0. The predicted molar refractivity (Wildman–Crippen MR) is 54.6 cm³/mol. The van der Waals surface area contributed by atoms with E-state index in [0.29, 0.717) is 11.6 Å². The van der Waals surface area contributed by atoms with Gasteiger partial charge < -0.3 is 4.42 Å². The van der Waals surface area contributed by atoms with Crippen LogP contribution in [0.5, 0.6) is 0 Å². The lowest BCUT2D eigenvalue weighted by Crippen LogP contribution is -1.78. The van der Waals surface area contributed by atoms with Crippen LogP contribution in [0.3, 0.4) is 0 Å². The summed E-state index contributed by atoms with van der Waals surface area (Å²) in [6, 6.07) is 9.81. The van der Waals surface area contributed by atoms with Crippen molar-refractivity contribution in [1.29, 1.82) is 0 Å². The van der Waals surface area contributed by atoms with Crippen molar-refractivity contribution in [3.8, 4) is 11.5 Å². The van der Waals surface area contributed by atoms with Crippen LogP contribution in [0.25, 0.3) is 11.5 Å². The first-order chi connectivity index (χ1) is 6.40. The summed E-state index contributed by atoms with van der Waals surface area (Å²) in [5.41, 5.74) is 1.86. The molecule has 13 heavy (non-hydrogen) atoms. The minimum atomic E-state index is 0.607. The van der Waals surface area contributed by atoms with Crippen LogP contribution in [0.2, 0.25) is 0 Å². The van der Waals surface area contributed by atoms with Gasteiger partial charge in [-0.3, -0.25) is 0 Å². The highest BCUT2D eigenvalue weighted by atomic mass is 32.1. The second kappa shape index (κ2) is 3.66. The molecule has 0 radical (unpaired) electrons. The first-order valence-electron chi connectivity index (χ1n) is 4.01. The van der Waals surface area contributed by atoms with Gasteiger partial charge in [-0.2, -0.15) is 12.6 Å². The number of aromatic nitrogens is 1. The zero-order valence-electron chi connectivity index (χ0n) is 6.97. The molecule has 0 aliphatic heterocycles. The third-order valence-corrected chi connectivity index (χ3v) is 2.06. The van der Waals surface area contributed by atoms with Gasteiger partial charge in [0.15, 0.2) is 0 Å². The van der Waals surface area contributed by atoms with Crippen LogP contribution in [0.1, 0.15) is 5.69 Å². The van der Waals surface area contributed by atoms with Gasteiger partial charge in [0.1, 0.15) is 6.26 Å². The SMILES string of the molecule is SCc1coc(-c2ccccc2)n1. The van der Waals surface area contributed by atoms with E-state index in [1.807, 2.05) is 30.3 Å². The van der Waals surface area contributed by atoms with Crippen molar-refractivity contribution in [2.45, 2.75) is 5.75 Å². The third kappa shape index (κ3) is 1.75. The Morgan fingerprint density at radius 3 is 2.62 bits per heavy atom. The monoisotopic (exact) mass is 191 g/mol. The Labute approximate surface area is 82.0 Å². The van der Waals surface area contributed by atoms with Crippen LogP contribution in [-0.4, -0.2) is 4.98 Å². The standard InChI is InChI=1S/C10H9NOS/c13-7-9-6-12-10(11-9)8-4-2-1-3-5-8/h1-6,13H,7H2. The van der Waals surface area contributed by atoms with E-state index in [0.717, 1.165) is 11.3 Å². The molecule has 0 spiro atoms. The van der Waals surface area contributed by atoms with E-state index < -0.39 is 0 Å². The highest BCUT2D eigenvalue weighted by molar-refractivity contribution is 7.79. The molecule has 1 heterocycles. The molecule has 0 fully saturated rings. The van der Waals surface area contributed by atoms with Gasteiger partial charge in [0.05, 0.1) is 5.69 Å². The lowest BCUT2D eigenvalue weighted by molar-refractivity contribution is 0.573. The van der Waals surface area contributed by atoms with Crippen molar-refractivity contribution in [3.05, 3.63) is 42.3 Å². The number of oxazole rings is 1. The Kier molecular flexibility index (Phi) is 2.36. The Morgan fingerprint density at radius 1 is 1.23 bits per heavy atom. The molecule has 0 aliphatic rings. The van der Waals surface area contributed by atoms with Gasteiger partial charge in [0, 0.05) is 11.3 Å². The molecule has 2 aromatic rings. The molecule has 1 aromatic heterocycles. The molecular formula is C10H9NOS. The fourth-order valence-electron chi connectivity index (χ4n) is 1.09. The van der Waals surface area contributed by atoms with Crippen LogP contribution < -0.4 is 0 Å². The van der Waals surface area contributed by atoms with E-state index in [2.05, 4.69) is 17.6 Å². The number of nitrogens with zero attached hydrogens (tertiary/aromatic N) is 1. The van der Waals surface area contributed by atoms with E-state index in [1.165, 1.54) is 0 Å². The molecule has 0 saturated carbocycles. The Hall–Kier alpha value is -1.22. The minimum Gasteiger partial charge on any atom is -0.444 e. The van der Waals surface area contributed by atoms with E-state index in [4.69, 9.17) is 4.42 Å². The molecule has 0 N–H and O–H groups in total. The zero-order valence-corrected chi connectivity index (χ0v) is 7.87. The van der Waals surface area contributed by atoms with Crippen LogP contribution in [-0.2, 0) is 5.75 Å². The topological polar surface area (TPSA) is 26.0 Å². The van der Waals surface area contributed by atoms with E-state index >= 15 is 0 Å². The summed E-state index contributed by atoms with van der Waals surface area (Å²) in [5, 5.41) is 0. The molecule has 2 rings (SSSR count). The molecule has 2 nitrogen and oxygen atoms in total. The van der Waals surface area contributed by atoms with Crippen LogP contribution in [0, 0.1) is 0 Å². The van der Waals surface area contributed by atoms with Gasteiger partial charge in [-0.05, 0) is 12.1 Å². The highest BCUT2D eigenvalue weighted by Crippen LogP contribution is 2.18. The quantitative estimate of drug-likeness (QED) is 0.739. The number of hydrogen-bond donors (Lipinski definition) is 1. The summed E-state index contributed by atoms with van der Waals surface area (Å²) in [4.78, 5) is 4.26. The van der Waals surface area contributed by atoms with Gasteiger partial charge in [0.2, 0.25) is 5.89 Å². The van der Waals surface area contributed by atoms with Crippen LogP contribution in [0.4, 0.5) is 0 Å². The Bertz CT molecular complexity index is 383. The molecule has 1 aromatic carbocycles. The molecule has 0 aliphatic carbocycles. The van der Waals surface area contributed by atoms with E-state index in [-0.39, 0.29) is 0 Å². The maximum absolute atomic E-state index is 5.28. The average Bonchev–Trinajstić information content (AvgIpc) is 2.67. The fraction of sp³-hybridized carbons (Fsp3) is 0.100. The highest BCUT2D eigenvalue weighted by Gasteiger charge is 2.03. The number of hydrogen-bond acceptors (Lipinski definition) is 3. The second-order valence-electron chi connectivity index (χ2n) is 2.67. The molecule has 0 saturated heterocycles. The molecule has 0 bridgehead atoms. The van der Waals surface area contributed by atoms with Crippen molar-refractivity contribution < 1.29 is 4.42 Å². The Morgan fingerprint density at radius 2 is 2.00 bits per heavy atom. The smallest absolute Gasteiger partial charge is 0.226 e. The lowest BCUT2D eigenvalue weighted by Gasteiger charge is -1.91. The first-order valence-corrected chi connectivity index (χ1v) is 4.64. The van der Waals surface area contributed by atoms with Crippen LogP contribution in [0.15, 0.2) is 41.0 Å². The van der Waals surface area contributed by atoms with Gasteiger partial charge in [-0.1, -0.05) is 18.2 Å². The Balaban J connectivity index is 2.36. The van der Waals surface area contributed by atoms with Gasteiger partial charge in [-0.15, -0.1) is 0 Å². The molecule has 66 valence electrons. The first kappa shape index (κ1) is 8.38. The molecule has 0 atom stereocenters. The molecule has 3 heteroatoms. The molecule has 0 unspecified atom stereocenters. The largest absolute Gasteiger partial charge is 0.444 e. The van der Waals surface area contributed by atoms with Crippen LogP contribution >= 0.6 is 12.6 Å². The fourth-order valence-corrected chi connectivity index (χ4v) is 1.24. The second-order valence-corrected chi connectivity index (χ2v) is 2.98. The summed E-state index contributed by atoms with van der Waals surface area (Å²) >= 11 is 4.11. The number of benzene rings is 1. The van der Waals surface area contributed by atoms with Crippen molar-refractivity contribution in [2.75, 3.05) is 0 Å². The van der Waals surface area contributed by atoms with Crippen molar-refractivity contribution >= 4 is 12.6 Å². The average molecular weight is 191 g/mol. The van der Waals surface area contributed by atoms with Crippen molar-refractivity contribution in [1.82, 2.24) is 4.98 Å². The van der Waals surface area contributed by atoms with E-state index in [9.17, 15) is 0 Å². The number of rotatable bonds is 2. The summed E-state index contributed by atoms with van der Waals surface area (Å²) in [6.07, 6.45) is 1.63. The maximum Gasteiger partial charge on any atom is 0.226 e. The van der Waals surface area contributed by atoms with E-state index in [1.54, 1.807) is 6.26 Å².